The molecule has 2 amide bonds. The van der Waals surface area contributed by atoms with Crippen LogP contribution in [-0.2, 0) is 16.0 Å². The summed E-state index contributed by atoms with van der Waals surface area (Å²) < 4.78 is 0. The first kappa shape index (κ1) is 16.5. The lowest BCUT2D eigenvalue weighted by Gasteiger charge is -2.17. The maximum absolute atomic E-state index is 12.2. The van der Waals surface area contributed by atoms with Crippen LogP contribution in [0.15, 0.2) is 48.5 Å². The number of anilines is 1. The fourth-order valence-electron chi connectivity index (χ4n) is 2.96. The number of carbonyl (C=O) groups excluding carboxylic acids is 2. The highest BCUT2D eigenvalue weighted by molar-refractivity contribution is 6.30. The van der Waals surface area contributed by atoms with Crippen LogP contribution in [0.25, 0.3) is 0 Å². The first-order chi connectivity index (χ1) is 11.5. The van der Waals surface area contributed by atoms with Crippen LogP contribution in [0.1, 0.15) is 17.5 Å². The van der Waals surface area contributed by atoms with Gasteiger partial charge in [-0.1, -0.05) is 41.4 Å². The van der Waals surface area contributed by atoms with E-state index >= 15 is 0 Å². The van der Waals surface area contributed by atoms with E-state index in [0.29, 0.717) is 24.4 Å². The molecule has 0 radical (unpaired) electrons. The number of benzene rings is 2. The summed E-state index contributed by atoms with van der Waals surface area (Å²) in [6.07, 6.45) is 0.648. The fraction of sp³-hybridized carbons (Fsp3) is 0.263. The number of nitrogens with zero attached hydrogens (tertiary/aromatic N) is 1. The molecule has 1 aliphatic heterocycles. The average molecular weight is 343 g/mol. The van der Waals surface area contributed by atoms with Gasteiger partial charge >= 0.3 is 0 Å². The lowest BCUT2D eigenvalue weighted by molar-refractivity contribution is -0.121. The third kappa shape index (κ3) is 3.95. The van der Waals surface area contributed by atoms with Gasteiger partial charge in [0.25, 0.3) is 0 Å². The van der Waals surface area contributed by atoms with Gasteiger partial charge in [0.1, 0.15) is 0 Å². The quantitative estimate of drug-likeness (QED) is 0.928. The third-order valence-electron chi connectivity index (χ3n) is 4.08. The Balaban J connectivity index is 1.59. The monoisotopic (exact) mass is 342 g/mol. The lowest BCUT2D eigenvalue weighted by Crippen LogP contribution is -2.38. The standard InChI is InChI=1S/C19H19ClN2O2/c1-13-3-2-4-14(9-13)10-18(23)21-16-11-19(24)22(12-16)17-7-5-15(20)6-8-17/h2-9,16H,10-12H2,1H3,(H,21,23). The molecule has 1 unspecified atom stereocenters. The molecule has 124 valence electrons. The predicted octanol–water partition coefficient (Wildman–Crippen LogP) is 3.11. The van der Waals surface area contributed by atoms with E-state index in [4.69, 9.17) is 11.6 Å². The Kier molecular flexibility index (Phi) is 4.86. The van der Waals surface area contributed by atoms with Crippen molar-refractivity contribution in [3.05, 3.63) is 64.7 Å². The van der Waals surface area contributed by atoms with Gasteiger partial charge in [-0.3, -0.25) is 9.59 Å². The Hall–Kier alpha value is -2.33. The molecule has 2 aromatic carbocycles. The molecule has 1 heterocycles. The first-order valence-corrected chi connectivity index (χ1v) is 8.30. The van der Waals surface area contributed by atoms with Crippen molar-refractivity contribution >= 4 is 29.1 Å². The average Bonchev–Trinajstić information content (AvgIpc) is 2.88. The Morgan fingerprint density at radius 3 is 2.71 bits per heavy atom. The molecule has 0 spiro atoms. The highest BCUT2D eigenvalue weighted by Gasteiger charge is 2.31. The van der Waals surface area contributed by atoms with Crippen LogP contribution in [0.5, 0.6) is 0 Å². The Morgan fingerprint density at radius 1 is 1.25 bits per heavy atom. The van der Waals surface area contributed by atoms with Crippen LogP contribution in [0, 0.1) is 6.92 Å². The van der Waals surface area contributed by atoms with E-state index in [2.05, 4.69) is 5.32 Å². The van der Waals surface area contributed by atoms with Gasteiger partial charge in [-0.15, -0.1) is 0 Å². The van der Waals surface area contributed by atoms with E-state index in [1.165, 1.54) is 0 Å². The zero-order valence-electron chi connectivity index (χ0n) is 13.5. The molecular weight excluding hydrogens is 324 g/mol. The highest BCUT2D eigenvalue weighted by atomic mass is 35.5. The predicted molar refractivity (Wildman–Crippen MR) is 95.2 cm³/mol. The molecule has 0 aromatic heterocycles. The maximum Gasteiger partial charge on any atom is 0.229 e. The minimum absolute atomic E-state index is 0.0122. The van der Waals surface area contributed by atoms with Crippen LogP contribution < -0.4 is 10.2 Å². The number of rotatable bonds is 4. The molecule has 0 aliphatic carbocycles. The van der Waals surface area contributed by atoms with Crippen molar-refractivity contribution in [1.82, 2.24) is 5.32 Å². The molecule has 1 aliphatic rings. The summed E-state index contributed by atoms with van der Waals surface area (Å²) in [5, 5.41) is 3.59. The summed E-state index contributed by atoms with van der Waals surface area (Å²) in [4.78, 5) is 26.1. The van der Waals surface area contributed by atoms with Crippen LogP contribution in [-0.4, -0.2) is 24.4 Å². The number of amides is 2. The van der Waals surface area contributed by atoms with Crippen molar-refractivity contribution in [2.45, 2.75) is 25.8 Å². The van der Waals surface area contributed by atoms with Crippen LogP contribution in [0.2, 0.25) is 5.02 Å². The van der Waals surface area contributed by atoms with Gasteiger partial charge in [0, 0.05) is 23.7 Å². The van der Waals surface area contributed by atoms with Crippen LogP contribution >= 0.6 is 11.6 Å². The normalized spacial score (nSPS) is 17.2. The van der Waals surface area contributed by atoms with E-state index in [1.807, 2.05) is 43.3 Å². The first-order valence-electron chi connectivity index (χ1n) is 7.92. The van der Waals surface area contributed by atoms with Gasteiger partial charge in [0.05, 0.1) is 12.5 Å². The minimum atomic E-state index is -0.162. The van der Waals surface area contributed by atoms with E-state index in [0.717, 1.165) is 16.8 Å². The second-order valence-electron chi connectivity index (χ2n) is 6.12. The lowest BCUT2D eigenvalue weighted by atomic mass is 10.1. The number of aryl methyl sites for hydroxylation is 1. The van der Waals surface area contributed by atoms with Gasteiger partial charge in [-0.2, -0.15) is 0 Å². The molecule has 1 fully saturated rings. The number of hydrogen-bond acceptors (Lipinski definition) is 2. The van der Waals surface area contributed by atoms with Crippen LogP contribution in [0.4, 0.5) is 5.69 Å². The topological polar surface area (TPSA) is 49.4 Å². The second-order valence-corrected chi connectivity index (χ2v) is 6.55. The van der Waals surface area contributed by atoms with E-state index in [-0.39, 0.29) is 17.9 Å². The van der Waals surface area contributed by atoms with Crippen molar-refractivity contribution in [1.29, 1.82) is 0 Å². The van der Waals surface area contributed by atoms with Gasteiger partial charge in [0.2, 0.25) is 11.8 Å². The summed E-state index contributed by atoms with van der Waals surface area (Å²) in [5.74, 6) is -0.0467. The molecular formula is C19H19ClN2O2. The SMILES string of the molecule is Cc1cccc(CC(=O)NC2CC(=O)N(c3ccc(Cl)cc3)C2)c1. The Labute approximate surface area is 146 Å². The highest BCUT2D eigenvalue weighted by Crippen LogP contribution is 2.23. The van der Waals surface area contributed by atoms with Crippen molar-refractivity contribution in [3.8, 4) is 0 Å². The molecule has 0 saturated carbocycles. The third-order valence-corrected chi connectivity index (χ3v) is 4.33. The molecule has 4 nitrogen and oxygen atoms in total. The van der Waals surface area contributed by atoms with Crippen molar-refractivity contribution in [2.24, 2.45) is 0 Å². The molecule has 0 bridgehead atoms. The molecule has 2 aromatic rings. The molecule has 1 N–H and O–H groups in total. The summed E-state index contributed by atoms with van der Waals surface area (Å²) in [5.41, 5.74) is 2.91. The van der Waals surface area contributed by atoms with Crippen molar-refractivity contribution in [2.75, 3.05) is 11.4 Å². The zero-order valence-corrected chi connectivity index (χ0v) is 14.2. The van der Waals surface area contributed by atoms with Gasteiger partial charge in [-0.25, -0.2) is 0 Å². The molecule has 1 saturated heterocycles. The number of nitrogens with one attached hydrogen (secondary N) is 1. The minimum Gasteiger partial charge on any atom is -0.351 e. The summed E-state index contributed by atoms with van der Waals surface area (Å²) in [6, 6.07) is 14.9. The summed E-state index contributed by atoms with van der Waals surface area (Å²) in [6.45, 7) is 2.49. The second kappa shape index (κ2) is 7.05. The van der Waals surface area contributed by atoms with E-state index in [1.54, 1.807) is 17.0 Å². The maximum atomic E-state index is 12.2. The van der Waals surface area contributed by atoms with Crippen LogP contribution in [0.3, 0.4) is 0 Å². The largest absolute Gasteiger partial charge is 0.351 e. The zero-order chi connectivity index (χ0) is 17.1. The number of hydrogen-bond donors (Lipinski definition) is 1. The number of carbonyl (C=O) groups is 2. The summed E-state index contributed by atoms with van der Waals surface area (Å²) >= 11 is 5.88. The van der Waals surface area contributed by atoms with E-state index < -0.39 is 0 Å². The Bertz CT molecular complexity index is 758. The van der Waals surface area contributed by atoms with Crippen molar-refractivity contribution < 1.29 is 9.59 Å². The van der Waals surface area contributed by atoms with Gasteiger partial charge < -0.3 is 10.2 Å². The fourth-order valence-corrected chi connectivity index (χ4v) is 3.09. The molecule has 1 atom stereocenters. The Morgan fingerprint density at radius 2 is 2.00 bits per heavy atom. The summed E-state index contributed by atoms with van der Waals surface area (Å²) in [7, 11) is 0. The molecule has 24 heavy (non-hydrogen) atoms. The molecule has 3 rings (SSSR count). The van der Waals surface area contributed by atoms with Gasteiger partial charge in [0.15, 0.2) is 0 Å². The number of halogens is 1. The molecule has 5 heteroatoms. The van der Waals surface area contributed by atoms with Gasteiger partial charge in [-0.05, 0) is 36.8 Å². The van der Waals surface area contributed by atoms with Crippen molar-refractivity contribution in [3.63, 3.8) is 0 Å². The smallest absolute Gasteiger partial charge is 0.229 e. The van der Waals surface area contributed by atoms with E-state index in [9.17, 15) is 9.59 Å².